The Balaban J connectivity index is 1.43. The number of carbonyl (C=O) groups is 2. The summed E-state index contributed by atoms with van der Waals surface area (Å²) in [4.78, 5) is 27.0. The molecule has 2 fully saturated rings. The molecule has 4 rings (SSSR count). The SMILES string of the molecule is CC1CCN([C@@H](CNC(=O)c2ccc(N3C(=O)CCS3(=O)=O)cc2)c2ccco2)CC1. The molecule has 0 spiro atoms. The lowest BCUT2D eigenvalue weighted by Crippen LogP contribution is -2.41. The summed E-state index contributed by atoms with van der Waals surface area (Å²) < 4.78 is 30.6. The molecule has 3 heterocycles. The summed E-state index contributed by atoms with van der Waals surface area (Å²) in [7, 11) is -3.62. The zero-order valence-electron chi connectivity index (χ0n) is 17.5. The van der Waals surface area contributed by atoms with Crippen LogP contribution in [0, 0.1) is 5.92 Å². The number of furan rings is 1. The van der Waals surface area contributed by atoms with Gasteiger partial charge in [-0.15, -0.1) is 0 Å². The molecule has 8 nitrogen and oxygen atoms in total. The summed E-state index contributed by atoms with van der Waals surface area (Å²) in [6.07, 6.45) is 3.85. The average Bonchev–Trinajstić information content (AvgIpc) is 3.37. The second kappa shape index (κ2) is 8.84. The molecule has 2 aliphatic rings. The monoisotopic (exact) mass is 445 g/mol. The van der Waals surface area contributed by atoms with Gasteiger partial charge in [-0.3, -0.25) is 14.5 Å². The van der Waals surface area contributed by atoms with Crippen molar-refractivity contribution in [1.29, 1.82) is 0 Å². The highest BCUT2D eigenvalue weighted by atomic mass is 32.2. The van der Waals surface area contributed by atoms with Crippen LogP contribution in [0.15, 0.2) is 47.1 Å². The summed E-state index contributed by atoms with van der Waals surface area (Å²) in [6.45, 7) is 4.57. The molecule has 0 radical (unpaired) electrons. The van der Waals surface area contributed by atoms with Gasteiger partial charge < -0.3 is 9.73 Å². The molecule has 0 saturated carbocycles. The lowest BCUT2D eigenvalue weighted by atomic mass is 9.97. The molecule has 31 heavy (non-hydrogen) atoms. The van der Waals surface area contributed by atoms with Gasteiger partial charge in [0.15, 0.2) is 0 Å². The van der Waals surface area contributed by atoms with Gasteiger partial charge in [-0.1, -0.05) is 6.92 Å². The zero-order valence-corrected chi connectivity index (χ0v) is 18.3. The molecule has 2 saturated heterocycles. The van der Waals surface area contributed by atoms with Gasteiger partial charge in [0.2, 0.25) is 15.9 Å². The van der Waals surface area contributed by atoms with E-state index in [1.807, 2.05) is 12.1 Å². The molecule has 0 unspecified atom stereocenters. The topological polar surface area (TPSA) is 99.9 Å². The Morgan fingerprint density at radius 1 is 1.19 bits per heavy atom. The minimum absolute atomic E-state index is 0.0198. The van der Waals surface area contributed by atoms with Crippen LogP contribution in [0.3, 0.4) is 0 Å². The molecule has 2 aromatic rings. The Kier molecular flexibility index (Phi) is 6.15. The Morgan fingerprint density at radius 3 is 2.48 bits per heavy atom. The molecule has 2 amide bonds. The van der Waals surface area contributed by atoms with Gasteiger partial charge in [0.1, 0.15) is 5.76 Å². The van der Waals surface area contributed by atoms with Crippen molar-refractivity contribution < 1.29 is 22.4 Å². The highest BCUT2D eigenvalue weighted by Crippen LogP contribution is 2.27. The van der Waals surface area contributed by atoms with E-state index in [9.17, 15) is 18.0 Å². The number of hydrogen-bond acceptors (Lipinski definition) is 6. The number of carbonyl (C=O) groups excluding carboxylic acids is 2. The summed E-state index contributed by atoms with van der Waals surface area (Å²) in [6, 6.07) is 9.79. The fourth-order valence-electron chi connectivity index (χ4n) is 4.14. The molecular weight excluding hydrogens is 418 g/mol. The number of rotatable bonds is 6. The van der Waals surface area contributed by atoms with Gasteiger partial charge in [-0.2, -0.15) is 0 Å². The van der Waals surface area contributed by atoms with E-state index >= 15 is 0 Å². The van der Waals surface area contributed by atoms with Gasteiger partial charge in [-0.25, -0.2) is 12.7 Å². The fraction of sp³-hybridized carbons (Fsp3) is 0.455. The van der Waals surface area contributed by atoms with Gasteiger partial charge in [0.05, 0.1) is 23.7 Å². The number of amides is 2. The van der Waals surface area contributed by atoms with E-state index in [0.717, 1.165) is 36.0 Å². The van der Waals surface area contributed by atoms with Crippen LogP contribution in [0.1, 0.15) is 48.3 Å². The predicted molar refractivity (Wildman–Crippen MR) is 116 cm³/mol. The van der Waals surface area contributed by atoms with Crippen LogP contribution in [0.25, 0.3) is 0 Å². The third-order valence-electron chi connectivity index (χ3n) is 6.03. The van der Waals surface area contributed by atoms with Crippen molar-refractivity contribution in [2.75, 3.05) is 29.7 Å². The third-order valence-corrected chi connectivity index (χ3v) is 7.72. The Hall–Kier alpha value is -2.65. The number of sulfonamides is 1. The van der Waals surface area contributed by atoms with Crippen LogP contribution < -0.4 is 9.62 Å². The van der Waals surface area contributed by atoms with E-state index in [1.54, 1.807) is 6.26 Å². The number of nitrogens with one attached hydrogen (secondary N) is 1. The Labute approximate surface area is 182 Å². The first-order valence-corrected chi connectivity index (χ1v) is 12.2. The van der Waals surface area contributed by atoms with E-state index in [0.29, 0.717) is 18.0 Å². The molecular formula is C22H27N3O5S. The molecule has 1 aromatic carbocycles. The van der Waals surface area contributed by atoms with Gasteiger partial charge >= 0.3 is 0 Å². The highest BCUT2D eigenvalue weighted by molar-refractivity contribution is 7.94. The molecule has 166 valence electrons. The summed E-state index contributed by atoms with van der Waals surface area (Å²) in [5.41, 5.74) is 0.660. The standard InChI is InChI=1S/C22H27N3O5S/c1-16-8-11-24(12-9-16)19(20-3-2-13-30-20)15-23-22(27)17-4-6-18(7-5-17)25-21(26)10-14-31(25,28)29/h2-7,13,16,19H,8-12,14-15H2,1H3,(H,23,27)/t19-/m0/s1. The first-order chi connectivity index (χ1) is 14.8. The van der Waals surface area contributed by atoms with Crippen LogP contribution >= 0.6 is 0 Å². The minimum Gasteiger partial charge on any atom is -0.468 e. The summed E-state index contributed by atoms with van der Waals surface area (Å²) >= 11 is 0. The number of anilines is 1. The van der Waals surface area contributed by atoms with Crippen molar-refractivity contribution in [3.05, 3.63) is 54.0 Å². The molecule has 1 N–H and O–H groups in total. The molecule has 1 atom stereocenters. The Bertz CT molecular complexity index is 1030. The first-order valence-electron chi connectivity index (χ1n) is 10.6. The van der Waals surface area contributed by atoms with Crippen molar-refractivity contribution in [1.82, 2.24) is 10.2 Å². The first kappa shape index (κ1) is 21.6. The normalized spacial score (nSPS) is 20.7. The van der Waals surface area contributed by atoms with E-state index in [2.05, 4.69) is 17.1 Å². The molecule has 9 heteroatoms. The molecule has 0 aliphatic carbocycles. The summed E-state index contributed by atoms with van der Waals surface area (Å²) in [5, 5.41) is 2.97. The van der Waals surface area contributed by atoms with E-state index in [1.165, 1.54) is 24.3 Å². The number of likely N-dealkylation sites (tertiary alicyclic amines) is 1. The zero-order chi connectivity index (χ0) is 22.0. The largest absolute Gasteiger partial charge is 0.468 e. The number of benzene rings is 1. The van der Waals surface area contributed by atoms with Gasteiger partial charge in [0.25, 0.3) is 5.91 Å². The maximum atomic E-state index is 12.7. The van der Waals surface area contributed by atoms with Gasteiger partial charge in [-0.05, 0) is 68.2 Å². The average molecular weight is 446 g/mol. The number of piperidine rings is 1. The Morgan fingerprint density at radius 2 is 1.90 bits per heavy atom. The number of nitrogens with zero attached hydrogens (tertiary/aromatic N) is 2. The lowest BCUT2D eigenvalue weighted by molar-refractivity contribution is -0.116. The quantitative estimate of drug-likeness (QED) is 0.734. The molecule has 2 aliphatic heterocycles. The van der Waals surface area contributed by atoms with Crippen molar-refractivity contribution in [2.24, 2.45) is 5.92 Å². The molecule has 0 bridgehead atoms. The van der Waals surface area contributed by atoms with Crippen molar-refractivity contribution in [3.8, 4) is 0 Å². The van der Waals surface area contributed by atoms with E-state index in [-0.39, 0.29) is 29.8 Å². The highest BCUT2D eigenvalue weighted by Gasteiger charge is 2.36. The van der Waals surface area contributed by atoms with Crippen LogP contribution in [0.5, 0.6) is 0 Å². The lowest BCUT2D eigenvalue weighted by Gasteiger charge is -2.35. The van der Waals surface area contributed by atoms with Crippen molar-refractivity contribution in [3.63, 3.8) is 0 Å². The van der Waals surface area contributed by atoms with Crippen LogP contribution in [0.4, 0.5) is 5.69 Å². The number of hydrogen-bond donors (Lipinski definition) is 1. The van der Waals surface area contributed by atoms with E-state index in [4.69, 9.17) is 4.42 Å². The molecule has 1 aromatic heterocycles. The van der Waals surface area contributed by atoms with Crippen LogP contribution in [0.2, 0.25) is 0 Å². The summed E-state index contributed by atoms with van der Waals surface area (Å²) in [5.74, 6) is 0.631. The van der Waals surface area contributed by atoms with Crippen molar-refractivity contribution >= 4 is 27.5 Å². The van der Waals surface area contributed by atoms with Crippen LogP contribution in [-0.2, 0) is 14.8 Å². The third kappa shape index (κ3) is 4.67. The van der Waals surface area contributed by atoms with Crippen molar-refractivity contribution in [2.45, 2.75) is 32.2 Å². The maximum absolute atomic E-state index is 12.7. The van der Waals surface area contributed by atoms with Crippen LogP contribution in [-0.4, -0.2) is 50.5 Å². The predicted octanol–water partition coefficient (Wildman–Crippen LogP) is 2.55. The second-order valence-corrected chi connectivity index (χ2v) is 10.2. The fourth-order valence-corrected chi connectivity index (χ4v) is 5.60. The van der Waals surface area contributed by atoms with Gasteiger partial charge in [0, 0.05) is 18.5 Å². The minimum atomic E-state index is -3.62. The smallest absolute Gasteiger partial charge is 0.251 e. The second-order valence-electron chi connectivity index (χ2n) is 8.23. The maximum Gasteiger partial charge on any atom is 0.251 e. The van der Waals surface area contributed by atoms with E-state index < -0.39 is 15.9 Å².